The van der Waals surface area contributed by atoms with Gasteiger partial charge in [-0.1, -0.05) is 16.7 Å². The fraction of sp³-hybridized carbons (Fsp3) is 0.364. The van der Waals surface area contributed by atoms with Crippen LogP contribution in [-0.4, -0.2) is 24.1 Å². The molecule has 6 nitrogen and oxygen atoms in total. The first-order valence-electron chi connectivity index (χ1n) is 5.41. The summed E-state index contributed by atoms with van der Waals surface area (Å²) < 4.78 is 0. The molecule has 1 aromatic rings. The van der Waals surface area contributed by atoms with Crippen LogP contribution in [0.15, 0.2) is 23.3 Å². The molecule has 18 heavy (non-hydrogen) atoms. The van der Waals surface area contributed by atoms with E-state index in [0.29, 0.717) is 25.2 Å². The molecule has 0 aromatic heterocycles. The minimum atomic E-state index is -0.0551. The summed E-state index contributed by atoms with van der Waals surface area (Å²) in [6.07, 6.45) is 0.350. The van der Waals surface area contributed by atoms with Gasteiger partial charge < -0.3 is 10.0 Å². The zero-order valence-corrected chi connectivity index (χ0v) is 10.2. The maximum atomic E-state index is 11.8. The van der Waals surface area contributed by atoms with Crippen LogP contribution in [0.1, 0.15) is 6.42 Å². The molecule has 1 fully saturated rings. The number of benzene rings is 1. The lowest BCUT2D eigenvalue weighted by Crippen LogP contribution is -2.24. The molecular weight excluding hydrogens is 256 g/mol. The van der Waals surface area contributed by atoms with Crippen molar-refractivity contribution in [2.75, 3.05) is 18.0 Å². The molecule has 1 heterocycles. The van der Waals surface area contributed by atoms with E-state index < -0.39 is 0 Å². The van der Waals surface area contributed by atoms with Crippen molar-refractivity contribution in [1.29, 1.82) is 0 Å². The molecule has 1 saturated heterocycles. The van der Waals surface area contributed by atoms with Crippen molar-refractivity contribution >= 4 is 23.2 Å². The standard InChI is InChI=1S/C11H11ClN4O2/c12-9-2-1-8(4-10(9)17)16-6-7(3-11(16)18)5-14-15-13/h1-2,4,7,17H,3,5-6H2. The number of azide groups is 1. The van der Waals surface area contributed by atoms with Crippen molar-refractivity contribution in [2.45, 2.75) is 6.42 Å². The zero-order valence-electron chi connectivity index (χ0n) is 9.45. The Balaban J connectivity index is 2.16. The van der Waals surface area contributed by atoms with E-state index in [2.05, 4.69) is 10.0 Å². The minimum absolute atomic E-state index is 0.0196. The van der Waals surface area contributed by atoms with E-state index in [9.17, 15) is 9.90 Å². The predicted molar refractivity (Wildman–Crippen MR) is 67.6 cm³/mol. The quantitative estimate of drug-likeness (QED) is 0.518. The molecule has 1 aromatic carbocycles. The first-order chi connectivity index (χ1) is 8.61. The lowest BCUT2D eigenvalue weighted by Gasteiger charge is -2.16. The molecule has 1 atom stereocenters. The van der Waals surface area contributed by atoms with E-state index in [1.807, 2.05) is 0 Å². The third-order valence-electron chi connectivity index (χ3n) is 2.85. The molecule has 1 aliphatic heterocycles. The van der Waals surface area contributed by atoms with E-state index in [1.165, 1.54) is 6.07 Å². The Bertz CT molecular complexity index is 528. The van der Waals surface area contributed by atoms with Crippen LogP contribution >= 0.6 is 11.6 Å². The Morgan fingerprint density at radius 1 is 1.61 bits per heavy atom. The summed E-state index contributed by atoms with van der Waals surface area (Å²) in [5.41, 5.74) is 8.86. The highest BCUT2D eigenvalue weighted by atomic mass is 35.5. The van der Waals surface area contributed by atoms with Gasteiger partial charge in [0, 0.05) is 36.2 Å². The SMILES string of the molecule is [N-]=[N+]=NCC1CC(=O)N(c2ccc(Cl)c(O)c2)C1. The molecule has 0 bridgehead atoms. The predicted octanol–water partition coefficient (Wildman–Crippen LogP) is 2.71. The third kappa shape index (κ3) is 2.50. The van der Waals surface area contributed by atoms with Crippen LogP contribution in [0.3, 0.4) is 0 Å². The molecule has 1 amide bonds. The molecule has 94 valence electrons. The lowest BCUT2D eigenvalue weighted by molar-refractivity contribution is -0.117. The van der Waals surface area contributed by atoms with Crippen molar-refractivity contribution in [3.63, 3.8) is 0 Å². The molecule has 0 aliphatic carbocycles. The van der Waals surface area contributed by atoms with Crippen molar-refractivity contribution < 1.29 is 9.90 Å². The van der Waals surface area contributed by atoms with Gasteiger partial charge in [-0.3, -0.25) is 4.79 Å². The maximum absolute atomic E-state index is 11.8. The van der Waals surface area contributed by atoms with E-state index in [1.54, 1.807) is 17.0 Å². The van der Waals surface area contributed by atoms with Gasteiger partial charge in [-0.2, -0.15) is 0 Å². The molecule has 0 saturated carbocycles. The smallest absolute Gasteiger partial charge is 0.227 e. The van der Waals surface area contributed by atoms with Gasteiger partial charge in [-0.05, 0) is 23.6 Å². The van der Waals surface area contributed by atoms with Gasteiger partial charge in [-0.15, -0.1) is 0 Å². The minimum Gasteiger partial charge on any atom is -0.506 e. The number of amides is 1. The van der Waals surface area contributed by atoms with Gasteiger partial charge in [-0.25, -0.2) is 0 Å². The third-order valence-corrected chi connectivity index (χ3v) is 3.17. The average Bonchev–Trinajstić information content (AvgIpc) is 2.71. The van der Waals surface area contributed by atoms with E-state index in [0.717, 1.165) is 0 Å². The van der Waals surface area contributed by atoms with Gasteiger partial charge >= 0.3 is 0 Å². The second-order valence-electron chi connectivity index (χ2n) is 4.12. The van der Waals surface area contributed by atoms with Crippen molar-refractivity contribution in [3.05, 3.63) is 33.7 Å². The first kappa shape index (κ1) is 12.5. The Morgan fingerprint density at radius 2 is 2.39 bits per heavy atom. The Morgan fingerprint density at radius 3 is 3.06 bits per heavy atom. The van der Waals surface area contributed by atoms with Gasteiger partial charge in [0.15, 0.2) is 0 Å². The van der Waals surface area contributed by atoms with E-state index >= 15 is 0 Å². The second-order valence-corrected chi connectivity index (χ2v) is 4.53. The molecule has 1 aliphatic rings. The summed E-state index contributed by atoms with van der Waals surface area (Å²) in [6.45, 7) is 0.789. The number of phenolic OH excluding ortho intramolecular Hbond substituents is 1. The largest absolute Gasteiger partial charge is 0.506 e. The monoisotopic (exact) mass is 266 g/mol. The van der Waals surface area contributed by atoms with Crippen LogP contribution in [0.5, 0.6) is 5.75 Å². The molecular formula is C11H11ClN4O2. The highest BCUT2D eigenvalue weighted by Crippen LogP contribution is 2.31. The molecule has 0 spiro atoms. The number of anilines is 1. The molecule has 7 heteroatoms. The maximum Gasteiger partial charge on any atom is 0.227 e. The van der Waals surface area contributed by atoms with Gasteiger partial charge in [0.05, 0.1) is 5.02 Å². The fourth-order valence-electron chi connectivity index (χ4n) is 1.97. The van der Waals surface area contributed by atoms with Gasteiger partial charge in [0.2, 0.25) is 5.91 Å². The fourth-order valence-corrected chi connectivity index (χ4v) is 2.09. The number of halogens is 1. The molecule has 1 unspecified atom stereocenters. The summed E-state index contributed by atoms with van der Waals surface area (Å²) in [5, 5.41) is 13.2. The summed E-state index contributed by atoms with van der Waals surface area (Å²) in [5.74, 6) is -0.0819. The Labute approximate surface area is 108 Å². The topological polar surface area (TPSA) is 89.3 Å². The lowest BCUT2D eigenvalue weighted by atomic mass is 10.1. The van der Waals surface area contributed by atoms with Crippen LogP contribution < -0.4 is 4.90 Å². The number of carbonyl (C=O) groups excluding carboxylic acids is 1. The molecule has 2 rings (SSSR count). The van der Waals surface area contributed by atoms with Gasteiger partial charge in [0.1, 0.15) is 5.75 Å². The number of nitrogens with zero attached hydrogens (tertiary/aromatic N) is 4. The highest BCUT2D eigenvalue weighted by Gasteiger charge is 2.30. The highest BCUT2D eigenvalue weighted by molar-refractivity contribution is 6.32. The summed E-state index contributed by atoms with van der Waals surface area (Å²) in [7, 11) is 0. The Kier molecular flexibility index (Phi) is 3.60. The van der Waals surface area contributed by atoms with E-state index in [4.69, 9.17) is 17.1 Å². The van der Waals surface area contributed by atoms with E-state index in [-0.39, 0.29) is 22.6 Å². The van der Waals surface area contributed by atoms with Crippen molar-refractivity contribution in [3.8, 4) is 5.75 Å². The summed E-state index contributed by atoms with van der Waals surface area (Å²) >= 11 is 5.71. The molecule has 0 radical (unpaired) electrons. The van der Waals surface area contributed by atoms with Crippen LogP contribution in [0.2, 0.25) is 5.02 Å². The van der Waals surface area contributed by atoms with Gasteiger partial charge in [0.25, 0.3) is 0 Å². The number of phenols is 1. The normalized spacial score (nSPS) is 18.8. The van der Waals surface area contributed by atoms with Crippen LogP contribution in [0.25, 0.3) is 10.4 Å². The summed E-state index contributed by atoms with van der Waals surface area (Å²) in [6, 6.07) is 4.67. The zero-order chi connectivity index (χ0) is 13.1. The number of rotatable bonds is 3. The number of aromatic hydroxyl groups is 1. The van der Waals surface area contributed by atoms with Crippen molar-refractivity contribution in [1.82, 2.24) is 0 Å². The summed E-state index contributed by atoms with van der Waals surface area (Å²) in [4.78, 5) is 16.1. The number of carbonyl (C=O) groups is 1. The Hall–Kier alpha value is -1.91. The number of hydrogen-bond acceptors (Lipinski definition) is 3. The first-order valence-corrected chi connectivity index (χ1v) is 5.79. The number of hydrogen-bond donors (Lipinski definition) is 1. The van der Waals surface area contributed by atoms with Crippen LogP contribution in [0, 0.1) is 5.92 Å². The van der Waals surface area contributed by atoms with Crippen LogP contribution in [0.4, 0.5) is 5.69 Å². The second kappa shape index (κ2) is 5.16. The van der Waals surface area contributed by atoms with Crippen LogP contribution in [-0.2, 0) is 4.79 Å². The van der Waals surface area contributed by atoms with Crippen molar-refractivity contribution in [2.24, 2.45) is 11.0 Å². The molecule has 1 N–H and O–H groups in total. The average molecular weight is 267 g/mol.